The van der Waals surface area contributed by atoms with Crippen LogP contribution in [0.4, 0.5) is 5.69 Å². The first-order chi connectivity index (χ1) is 14.7. The van der Waals surface area contributed by atoms with Crippen molar-refractivity contribution in [2.75, 3.05) is 38.2 Å². The molecule has 3 atom stereocenters. The molecule has 3 aliphatic rings. The predicted octanol–water partition coefficient (Wildman–Crippen LogP) is 5.14. The summed E-state index contributed by atoms with van der Waals surface area (Å²) in [6, 6.07) is 18.6. The van der Waals surface area contributed by atoms with Gasteiger partial charge in [-0.1, -0.05) is 35.9 Å². The highest BCUT2D eigenvalue weighted by molar-refractivity contribution is 6.30. The van der Waals surface area contributed by atoms with Crippen molar-refractivity contribution >= 4 is 17.3 Å². The van der Waals surface area contributed by atoms with Gasteiger partial charge in [0.2, 0.25) is 0 Å². The third-order valence-electron chi connectivity index (χ3n) is 7.18. The van der Waals surface area contributed by atoms with E-state index in [1.165, 1.54) is 49.2 Å². The topological polar surface area (TPSA) is 19.0 Å². The molecule has 0 aromatic heterocycles. The molecular formula is C25H32ClN3O. The number of fused-ring (bicyclic) bond motifs is 1. The molecule has 2 aromatic carbocycles. The number of nitrogens with zero attached hydrogens (tertiary/aromatic N) is 3. The standard InChI is InChI=1S/C25H32ClN3O/c1-27-24-15-25(20-7-11-23(12-8-20)28-13-3-2-4-14-28)29(17-21(24)18-30-27)16-19-5-9-22(26)10-6-19/h5-12,21,24-25H,2-4,13-18H2,1H3/t21-,24-,25-/m0/s1. The lowest BCUT2D eigenvalue weighted by molar-refractivity contribution is -0.114. The van der Waals surface area contributed by atoms with Gasteiger partial charge < -0.3 is 4.90 Å². The summed E-state index contributed by atoms with van der Waals surface area (Å²) in [6.45, 7) is 5.23. The van der Waals surface area contributed by atoms with Crippen LogP contribution in [0.2, 0.25) is 5.02 Å². The molecule has 0 aliphatic carbocycles. The van der Waals surface area contributed by atoms with Gasteiger partial charge in [-0.3, -0.25) is 9.74 Å². The molecule has 160 valence electrons. The van der Waals surface area contributed by atoms with E-state index in [2.05, 4.69) is 58.3 Å². The number of likely N-dealkylation sites (tertiary alicyclic amines) is 1. The Morgan fingerprint density at radius 3 is 2.43 bits per heavy atom. The quantitative estimate of drug-likeness (QED) is 0.675. The molecule has 0 saturated carbocycles. The number of benzene rings is 2. The zero-order valence-corrected chi connectivity index (χ0v) is 18.6. The van der Waals surface area contributed by atoms with Gasteiger partial charge in [-0.25, -0.2) is 0 Å². The van der Waals surface area contributed by atoms with E-state index in [-0.39, 0.29) is 0 Å². The summed E-state index contributed by atoms with van der Waals surface area (Å²) in [6.07, 6.45) is 5.11. The van der Waals surface area contributed by atoms with Gasteiger partial charge in [-0.15, -0.1) is 0 Å². The second kappa shape index (κ2) is 8.88. The summed E-state index contributed by atoms with van der Waals surface area (Å²) in [5, 5.41) is 2.90. The maximum absolute atomic E-state index is 6.11. The molecule has 0 amide bonds. The molecule has 3 fully saturated rings. The molecule has 3 aliphatic heterocycles. The lowest BCUT2D eigenvalue weighted by Gasteiger charge is -2.42. The van der Waals surface area contributed by atoms with Gasteiger partial charge in [0.1, 0.15) is 0 Å². The first kappa shape index (κ1) is 20.3. The maximum Gasteiger partial charge on any atom is 0.0741 e. The van der Waals surface area contributed by atoms with Crippen LogP contribution in [0.3, 0.4) is 0 Å². The first-order valence-electron chi connectivity index (χ1n) is 11.4. The zero-order chi connectivity index (χ0) is 20.5. The smallest absolute Gasteiger partial charge is 0.0741 e. The van der Waals surface area contributed by atoms with Gasteiger partial charge in [-0.05, 0) is 61.1 Å². The van der Waals surface area contributed by atoms with E-state index in [1.807, 2.05) is 12.1 Å². The molecule has 0 bridgehead atoms. The third kappa shape index (κ3) is 4.24. The average Bonchev–Trinajstić information content (AvgIpc) is 3.15. The minimum atomic E-state index is 0.404. The van der Waals surface area contributed by atoms with Crippen LogP contribution in [-0.2, 0) is 11.4 Å². The Morgan fingerprint density at radius 2 is 1.70 bits per heavy atom. The molecule has 4 nitrogen and oxygen atoms in total. The predicted molar refractivity (Wildman–Crippen MR) is 123 cm³/mol. The van der Waals surface area contributed by atoms with Gasteiger partial charge in [0.05, 0.1) is 6.61 Å². The van der Waals surface area contributed by atoms with Crippen LogP contribution in [0.25, 0.3) is 0 Å². The summed E-state index contributed by atoms with van der Waals surface area (Å²) in [5.41, 5.74) is 4.11. The highest BCUT2D eigenvalue weighted by Gasteiger charge is 2.42. The fraction of sp³-hybridized carbons (Fsp3) is 0.520. The molecule has 0 N–H and O–H groups in total. The first-order valence-corrected chi connectivity index (χ1v) is 11.7. The van der Waals surface area contributed by atoms with E-state index in [4.69, 9.17) is 16.4 Å². The number of anilines is 1. The van der Waals surface area contributed by atoms with E-state index in [9.17, 15) is 0 Å². The van der Waals surface area contributed by atoms with Gasteiger partial charge in [0.25, 0.3) is 0 Å². The van der Waals surface area contributed by atoms with Gasteiger partial charge in [0, 0.05) is 61.9 Å². The van der Waals surface area contributed by atoms with Crippen molar-refractivity contribution < 1.29 is 4.84 Å². The molecule has 0 spiro atoms. The Labute approximate surface area is 185 Å². The van der Waals surface area contributed by atoms with E-state index in [0.29, 0.717) is 18.0 Å². The summed E-state index contributed by atoms with van der Waals surface area (Å²) < 4.78 is 0. The molecule has 3 saturated heterocycles. The van der Waals surface area contributed by atoms with Crippen molar-refractivity contribution in [1.29, 1.82) is 0 Å². The normalized spacial score (nSPS) is 27.9. The molecular weight excluding hydrogens is 394 g/mol. The SMILES string of the molecule is CN1OC[C@@H]2CN(Cc3ccc(Cl)cc3)[C@H](c3ccc(N4CCCCC4)cc3)C[C@@H]21. The number of hydroxylamine groups is 2. The van der Waals surface area contributed by atoms with Crippen LogP contribution in [0.5, 0.6) is 0 Å². The van der Waals surface area contributed by atoms with Gasteiger partial charge in [0.15, 0.2) is 0 Å². The minimum absolute atomic E-state index is 0.404. The molecule has 0 unspecified atom stereocenters. The van der Waals surface area contributed by atoms with Crippen LogP contribution < -0.4 is 4.90 Å². The van der Waals surface area contributed by atoms with Crippen molar-refractivity contribution in [2.24, 2.45) is 5.92 Å². The lowest BCUT2D eigenvalue weighted by atomic mass is 9.85. The number of piperidine rings is 2. The van der Waals surface area contributed by atoms with Crippen LogP contribution >= 0.6 is 11.6 Å². The third-order valence-corrected chi connectivity index (χ3v) is 7.43. The minimum Gasteiger partial charge on any atom is -0.372 e. The van der Waals surface area contributed by atoms with Crippen molar-refractivity contribution in [3.8, 4) is 0 Å². The summed E-state index contributed by atoms with van der Waals surface area (Å²) >= 11 is 6.11. The lowest BCUT2D eigenvalue weighted by Crippen LogP contribution is -2.46. The van der Waals surface area contributed by atoms with Crippen LogP contribution in [0, 0.1) is 5.92 Å². The molecule has 5 rings (SSSR count). The molecule has 2 aromatic rings. The highest BCUT2D eigenvalue weighted by atomic mass is 35.5. The van der Waals surface area contributed by atoms with Crippen molar-refractivity contribution in [3.05, 3.63) is 64.7 Å². The van der Waals surface area contributed by atoms with Crippen LogP contribution in [0.1, 0.15) is 42.9 Å². The second-order valence-electron chi connectivity index (χ2n) is 9.12. The largest absolute Gasteiger partial charge is 0.372 e. The van der Waals surface area contributed by atoms with E-state index < -0.39 is 0 Å². The van der Waals surface area contributed by atoms with Crippen LogP contribution in [0.15, 0.2) is 48.5 Å². The Kier molecular flexibility index (Phi) is 6.01. The molecule has 0 radical (unpaired) electrons. The Hall–Kier alpha value is -1.59. The monoisotopic (exact) mass is 425 g/mol. The van der Waals surface area contributed by atoms with Gasteiger partial charge >= 0.3 is 0 Å². The maximum atomic E-state index is 6.11. The summed E-state index contributed by atoms with van der Waals surface area (Å²) in [5.74, 6) is 0.575. The van der Waals surface area contributed by atoms with E-state index in [0.717, 1.165) is 31.1 Å². The van der Waals surface area contributed by atoms with Crippen molar-refractivity contribution in [1.82, 2.24) is 9.96 Å². The molecule has 5 heteroatoms. The van der Waals surface area contributed by atoms with Crippen molar-refractivity contribution in [3.63, 3.8) is 0 Å². The number of hydrogen-bond acceptors (Lipinski definition) is 4. The number of rotatable bonds is 4. The average molecular weight is 426 g/mol. The fourth-order valence-corrected chi connectivity index (χ4v) is 5.57. The van der Waals surface area contributed by atoms with Crippen LogP contribution in [-0.4, -0.2) is 49.3 Å². The van der Waals surface area contributed by atoms with Gasteiger partial charge in [-0.2, -0.15) is 5.06 Å². The molecule has 30 heavy (non-hydrogen) atoms. The fourth-order valence-electron chi connectivity index (χ4n) is 5.44. The Morgan fingerprint density at radius 1 is 0.967 bits per heavy atom. The zero-order valence-electron chi connectivity index (χ0n) is 17.8. The second-order valence-corrected chi connectivity index (χ2v) is 9.55. The highest BCUT2D eigenvalue weighted by Crippen LogP contribution is 2.40. The Balaban J connectivity index is 1.38. The summed E-state index contributed by atoms with van der Waals surface area (Å²) in [4.78, 5) is 11.1. The number of hydrogen-bond donors (Lipinski definition) is 0. The van der Waals surface area contributed by atoms with E-state index >= 15 is 0 Å². The van der Waals surface area contributed by atoms with Crippen molar-refractivity contribution in [2.45, 2.75) is 44.3 Å². The summed E-state index contributed by atoms with van der Waals surface area (Å²) in [7, 11) is 2.09. The molecule has 3 heterocycles. The Bertz CT molecular complexity index is 834. The number of halogens is 1. The van der Waals surface area contributed by atoms with E-state index in [1.54, 1.807) is 0 Å².